The number of nitrogens with one attached hydrogen (secondary N) is 1. The Morgan fingerprint density at radius 2 is 2.26 bits per heavy atom. The fourth-order valence-corrected chi connectivity index (χ4v) is 1.87. The van der Waals surface area contributed by atoms with Gasteiger partial charge in [0.05, 0.1) is 22.6 Å². The molecule has 0 saturated carbocycles. The van der Waals surface area contributed by atoms with Gasteiger partial charge in [0, 0.05) is 11.8 Å². The summed E-state index contributed by atoms with van der Waals surface area (Å²) < 4.78 is 0. The van der Waals surface area contributed by atoms with Gasteiger partial charge in [-0.15, -0.1) is 0 Å². The summed E-state index contributed by atoms with van der Waals surface area (Å²) in [5.74, 6) is 0. The molecule has 2 atom stereocenters. The van der Waals surface area contributed by atoms with E-state index in [9.17, 15) is 20.3 Å². The number of aromatic nitrogens is 2. The van der Waals surface area contributed by atoms with E-state index in [1.54, 1.807) is 0 Å². The van der Waals surface area contributed by atoms with Gasteiger partial charge in [0.2, 0.25) is 0 Å². The van der Waals surface area contributed by atoms with Gasteiger partial charge in [-0.2, -0.15) is 0 Å². The zero-order valence-corrected chi connectivity index (χ0v) is 9.98. The molecule has 0 aromatic carbocycles. The van der Waals surface area contributed by atoms with Crippen LogP contribution in [0.2, 0.25) is 0 Å². The van der Waals surface area contributed by atoms with Gasteiger partial charge in [0.15, 0.2) is 0 Å². The molecule has 0 amide bonds. The first-order chi connectivity index (χ1) is 9.04. The molecule has 2 aromatic heterocycles. The number of fused-ring (bicyclic) bond motifs is 1. The van der Waals surface area contributed by atoms with Gasteiger partial charge >= 0.3 is 0 Å². The first-order valence-corrected chi connectivity index (χ1v) is 5.72. The minimum Gasteiger partial charge on any atom is -0.390 e. The van der Waals surface area contributed by atoms with E-state index < -0.39 is 17.1 Å². The number of aliphatic hydroxyl groups excluding tert-OH is 2. The van der Waals surface area contributed by atoms with Crippen LogP contribution in [0.25, 0.3) is 11.0 Å². The van der Waals surface area contributed by atoms with E-state index in [1.807, 2.05) is 0 Å². The maximum Gasteiger partial charge on any atom is 0.296 e. The van der Waals surface area contributed by atoms with Gasteiger partial charge in [0.25, 0.3) is 5.69 Å². The molecule has 8 nitrogen and oxygen atoms in total. The molecule has 0 bridgehead atoms. The number of rotatable bonds is 5. The Bertz CT molecular complexity index is 597. The third kappa shape index (κ3) is 2.55. The standard InChI is InChI=1S/C11H14N4O4/c12-2-1-9(16)10(17)6-3-7-8(15(18)19)5-14-11(7)13-4-6/h3-5,9-10,16-17H,1-2,12H2,(H,13,14). The fraction of sp³-hybridized carbons (Fsp3) is 0.364. The van der Waals surface area contributed by atoms with Crippen LogP contribution in [0.5, 0.6) is 0 Å². The highest BCUT2D eigenvalue weighted by molar-refractivity contribution is 5.86. The molecule has 102 valence electrons. The molecule has 2 rings (SSSR count). The van der Waals surface area contributed by atoms with E-state index in [2.05, 4.69) is 9.97 Å². The third-order valence-corrected chi connectivity index (χ3v) is 2.90. The molecule has 0 aliphatic heterocycles. The summed E-state index contributed by atoms with van der Waals surface area (Å²) in [5, 5.41) is 30.7. The highest BCUT2D eigenvalue weighted by atomic mass is 16.6. The Morgan fingerprint density at radius 1 is 1.53 bits per heavy atom. The number of pyridine rings is 1. The van der Waals surface area contributed by atoms with Crippen LogP contribution in [0.15, 0.2) is 18.5 Å². The Hall–Kier alpha value is -2.03. The summed E-state index contributed by atoms with van der Waals surface area (Å²) in [7, 11) is 0. The van der Waals surface area contributed by atoms with Gasteiger partial charge in [-0.3, -0.25) is 10.1 Å². The van der Waals surface area contributed by atoms with Crippen LogP contribution in [0.4, 0.5) is 5.69 Å². The average Bonchev–Trinajstić information content (AvgIpc) is 2.80. The molecule has 0 saturated heterocycles. The second-order valence-corrected chi connectivity index (χ2v) is 4.19. The molecule has 0 aliphatic carbocycles. The normalized spacial score (nSPS) is 14.5. The predicted octanol–water partition coefficient (Wildman–Crippen LogP) is 0.214. The highest BCUT2D eigenvalue weighted by Gasteiger charge is 2.21. The second-order valence-electron chi connectivity index (χ2n) is 4.19. The molecule has 5 N–H and O–H groups in total. The van der Waals surface area contributed by atoms with E-state index in [1.165, 1.54) is 18.5 Å². The van der Waals surface area contributed by atoms with Crippen molar-refractivity contribution in [2.24, 2.45) is 5.73 Å². The lowest BCUT2D eigenvalue weighted by atomic mass is 10.0. The number of nitrogens with two attached hydrogens (primary N) is 1. The highest BCUT2D eigenvalue weighted by Crippen LogP contribution is 2.27. The SMILES string of the molecule is NCCC(O)C(O)c1cnc2[nH]cc([N+](=O)[O-])c2c1. The Balaban J connectivity index is 2.39. The number of aliphatic hydroxyl groups is 2. The van der Waals surface area contributed by atoms with Crippen LogP contribution in [0, 0.1) is 10.1 Å². The maximum absolute atomic E-state index is 10.8. The zero-order chi connectivity index (χ0) is 14.0. The van der Waals surface area contributed by atoms with Crippen LogP contribution in [-0.2, 0) is 0 Å². The lowest BCUT2D eigenvalue weighted by molar-refractivity contribution is -0.383. The topological polar surface area (TPSA) is 138 Å². The summed E-state index contributed by atoms with van der Waals surface area (Å²) in [4.78, 5) is 16.9. The summed E-state index contributed by atoms with van der Waals surface area (Å²) in [6.07, 6.45) is 0.642. The Morgan fingerprint density at radius 3 is 2.89 bits per heavy atom. The van der Waals surface area contributed by atoms with Gasteiger partial charge in [0.1, 0.15) is 11.8 Å². The van der Waals surface area contributed by atoms with E-state index in [0.717, 1.165) is 0 Å². The van der Waals surface area contributed by atoms with E-state index in [4.69, 9.17) is 5.73 Å². The molecule has 8 heteroatoms. The predicted molar refractivity (Wildman–Crippen MR) is 67.4 cm³/mol. The Kier molecular flexibility index (Phi) is 3.74. The summed E-state index contributed by atoms with van der Waals surface area (Å²) in [5.41, 5.74) is 5.85. The molecule has 2 unspecified atom stereocenters. The minimum atomic E-state index is -1.17. The van der Waals surface area contributed by atoms with Crippen molar-refractivity contribution < 1.29 is 15.1 Å². The van der Waals surface area contributed by atoms with Crippen LogP contribution < -0.4 is 5.73 Å². The third-order valence-electron chi connectivity index (χ3n) is 2.90. The number of hydrogen-bond donors (Lipinski definition) is 4. The largest absolute Gasteiger partial charge is 0.390 e. The van der Waals surface area contributed by atoms with E-state index in [-0.39, 0.29) is 18.7 Å². The van der Waals surface area contributed by atoms with Gasteiger partial charge in [-0.05, 0) is 19.0 Å². The average molecular weight is 266 g/mol. The van der Waals surface area contributed by atoms with Crippen molar-refractivity contribution in [2.45, 2.75) is 18.6 Å². The van der Waals surface area contributed by atoms with E-state index >= 15 is 0 Å². The van der Waals surface area contributed by atoms with Crippen molar-refractivity contribution in [2.75, 3.05) is 6.54 Å². The van der Waals surface area contributed by atoms with Crippen LogP contribution in [0.1, 0.15) is 18.1 Å². The van der Waals surface area contributed by atoms with Crippen LogP contribution >= 0.6 is 0 Å². The monoisotopic (exact) mass is 266 g/mol. The van der Waals surface area contributed by atoms with E-state index in [0.29, 0.717) is 16.6 Å². The minimum absolute atomic E-state index is 0.120. The molecule has 0 fully saturated rings. The van der Waals surface area contributed by atoms with Crippen molar-refractivity contribution in [1.82, 2.24) is 9.97 Å². The van der Waals surface area contributed by atoms with Crippen molar-refractivity contribution in [1.29, 1.82) is 0 Å². The summed E-state index contributed by atoms with van der Waals surface area (Å²) in [6, 6.07) is 1.45. The van der Waals surface area contributed by atoms with Crippen LogP contribution in [0.3, 0.4) is 0 Å². The molecular weight excluding hydrogens is 252 g/mol. The van der Waals surface area contributed by atoms with Crippen molar-refractivity contribution in [3.63, 3.8) is 0 Å². The van der Waals surface area contributed by atoms with Gasteiger partial charge < -0.3 is 20.9 Å². The fourth-order valence-electron chi connectivity index (χ4n) is 1.87. The van der Waals surface area contributed by atoms with Crippen molar-refractivity contribution in [3.05, 3.63) is 34.1 Å². The molecule has 19 heavy (non-hydrogen) atoms. The molecular formula is C11H14N4O4. The lowest BCUT2D eigenvalue weighted by Crippen LogP contribution is -2.21. The number of nitro groups is 1. The quantitative estimate of drug-likeness (QED) is 0.451. The smallest absolute Gasteiger partial charge is 0.296 e. The maximum atomic E-state index is 10.8. The number of nitrogens with zero attached hydrogens (tertiary/aromatic N) is 2. The number of aromatic amines is 1. The van der Waals surface area contributed by atoms with Gasteiger partial charge in [-0.1, -0.05) is 0 Å². The van der Waals surface area contributed by atoms with Crippen LogP contribution in [-0.4, -0.2) is 37.8 Å². The molecule has 2 aromatic rings. The number of H-pyrrole nitrogens is 1. The van der Waals surface area contributed by atoms with Gasteiger partial charge in [-0.25, -0.2) is 4.98 Å². The summed E-state index contributed by atoms with van der Waals surface area (Å²) in [6.45, 7) is 0.234. The first kappa shape index (κ1) is 13.4. The molecule has 0 aliphatic rings. The van der Waals surface area contributed by atoms with Crippen molar-refractivity contribution in [3.8, 4) is 0 Å². The lowest BCUT2D eigenvalue weighted by Gasteiger charge is -2.16. The zero-order valence-electron chi connectivity index (χ0n) is 9.98. The number of hydrogen-bond acceptors (Lipinski definition) is 6. The summed E-state index contributed by atoms with van der Waals surface area (Å²) >= 11 is 0. The first-order valence-electron chi connectivity index (χ1n) is 5.72. The molecule has 2 heterocycles. The Labute approximate surface area is 108 Å². The van der Waals surface area contributed by atoms with Crippen molar-refractivity contribution >= 4 is 16.7 Å². The molecule has 0 spiro atoms. The molecule has 0 radical (unpaired) electrons. The second kappa shape index (κ2) is 5.31.